The van der Waals surface area contributed by atoms with Crippen LogP contribution in [0.5, 0.6) is 0 Å². The lowest BCUT2D eigenvalue weighted by atomic mass is 10.2. The van der Waals surface area contributed by atoms with Crippen LogP contribution in [0.25, 0.3) is 0 Å². The molecule has 0 bridgehead atoms. The van der Waals surface area contributed by atoms with Gasteiger partial charge in [0.25, 0.3) is 8.67 Å². The average molecular weight is 441 g/mol. The molecule has 0 aliphatic heterocycles. The van der Waals surface area contributed by atoms with Gasteiger partial charge in [-0.05, 0) is 34.8 Å². The molecule has 0 amide bonds. The summed E-state index contributed by atoms with van der Waals surface area (Å²) in [5, 5.41) is 0. The van der Waals surface area contributed by atoms with E-state index in [2.05, 4.69) is 81.2 Å². The van der Waals surface area contributed by atoms with Crippen LogP contribution in [0.2, 0.25) is 0 Å². The Hall–Kier alpha value is 1.54. The van der Waals surface area contributed by atoms with Crippen molar-refractivity contribution in [1.82, 2.24) is 0 Å². The summed E-state index contributed by atoms with van der Waals surface area (Å²) in [6, 6.07) is 0. The van der Waals surface area contributed by atoms with Gasteiger partial charge in [0.1, 0.15) is 0 Å². The van der Waals surface area contributed by atoms with Crippen molar-refractivity contribution >= 4 is 81.2 Å². The standard InChI is InChI=1S/C4Cl4F6.CCl3F/c5-1(6,3(9,10)11)2(7,8)4(12,13)14;2-1(3,4)5. The highest BCUT2D eigenvalue weighted by Crippen LogP contribution is 2.58. The smallest absolute Gasteiger partial charge is 0.189 e. The van der Waals surface area contributed by atoms with Crippen LogP contribution >= 0.6 is 81.2 Å². The fraction of sp³-hybridized carbons (Fsp3) is 1.00. The van der Waals surface area contributed by atoms with Gasteiger partial charge in [0.15, 0.2) is 0 Å². The van der Waals surface area contributed by atoms with Crippen molar-refractivity contribution < 1.29 is 30.7 Å². The van der Waals surface area contributed by atoms with Crippen LogP contribution in [0, 0.1) is 0 Å². The zero-order valence-electron chi connectivity index (χ0n) is 7.79. The molecule has 0 saturated carbocycles. The van der Waals surface area contributed by atoms with E-state index < -0.39 is 25.1 Å². The van der Waals surface area contributed by atoms with E-state index in [0.717, 1.165) is 0 Å². The quantitative estimate of drug-likeness (QED) is 0.312. The van der Waals surface area contributed by atoms with Crippen LogP contribution < -0.4 is 0 Å². The Labute approximate surface area is 136 Å². The Bertz CT molecular complexity index is 258. The number of hydrogen-bond acceptors (Lipinski definition) is 0. The molecule has 0 aromatic rings. The van der Waals surface area contributed by atoms with Crippen molar-refractivity contribution in [3.63, 3.8) is 0 Å². The largest absolute Gasteiger partial charge is 0.424 e. The van der Waals surface area contributed by atoms with Crippen molar-refractivity contribution in [1.29, 1.82) is 0 Å². The van der Waals surface area contributed by atoms with Crippen molar-refractivity contribution in [2.75, 3.05) is 0 Å². The molecular formula is C5Cl7F7. The Morgan fingerprint density at radius 1 is 0.421 bits per heavy atom. The normalized spacial score (nSPS) is 14.8. The molecule has 0 nitrogen and oxygen atoms in total. The van der Waals surface area contributed by atoms with Crippen molar-refractivity contribution in [3.8, 4) is 0 Å². The van der Waals surface area contributed by atoms with Crippen LogP contribution in [-0.4, -0.2) is 25.1 Å². The van der Waals surface area contributed by atoms with Gasteiger partial charge < -0.3 is 0 Å². The Balaban J connectivity index is 0. The predicted octanol–water partition coefficient (Wildman–Crippen LogP) is 6.74. The lowest BCUT2D eigenvalue weighted by molar-refractivity contribution is -0.195. The minimum absolute atomic E-state index is 2.58. The summed E-state index contributed by atoms with van der Waals surface area (Å²) in [6.07, 6.45) is -11.2. The molecule has 0 spiro atoms. The van der Waals surface area contributed by atoms with Crippen molar-refractivity contribution in [2.45, 2.75) is 25.1 Å². The molecule has 0 fully saturated rings. The highest BCUT2D eigenvalue weighted by Gasteiger charge is 2.75. The second-order valence-corrected chi connectivity index (χ2v) is 7.37. The molecule has 0 rings (SSSR count). The minimum Gasteiger partial charge on any atom is -0.189 e. The minimum atomic E-state index is -5.62. The molecular weight excluding hydrogens is 441 g/mol. The molecule has 0 saturated heterocycles. The fourth-order valence-electron chi connectivity index (χ4n) is 0.356. The van der Waals surface area contributed by atoms with Gasteiger partial charge in [0, 0.05) is 0 Å². The topological polar surface area (TPSA) is 0 Å². The van der Waals surface area contributed by atoms with Crippen molar-refractivity contribution in [3.05, 3.63) is 0 Å². The molecule has 0 aromatic heterocycles. The second-order valence-electron chi connectivity index (χ2n) is 2.57. The van der Waals surface area contributed by atoms with Gasteiger partial charge in [-0.2, -0.15) is 30.7 Å². The third-order valence-electron chi connectivity index (χ3n) is 1.11. The highest BCUT2D eigenvalue weighted by molar-refractivity contribution is 6.66. The van der Waals surface area contributed by atoms with Gasteiger partial charge in [-0.15, -0.1) is 0 Å². The first kappa shape index (κ1) is 22.8. The zero-order valence-corrected chi connectivity index (χ0v) is 13.1. The molecule has 19 heavy (non-hydrogen) atoms. The molecule has 0 aliphatic rings. The van der Waals surface area contributed by atoms with Crippen LogP contribution in [0.3, 0.4) is 0 Å². The van der Waals surface area contributed by atoms with E-state index in [1.807, 2.05) is 0 Å². The van der Waals surface area contributed by atoms with Gasteiger partial charge in [0.05, 0.1) is 0 Å². The molecule has 0 atom stereocenters. The predicted molar refractivity (Wildman–Crippen MR) is 62.4 cm³/mol. The first-order valence-corrected chi connectivity index (χ1v) is 6.04. The van der Waals surface area contributed by atoms with Crippen LogP contribution in [0.15, 0.2) is 0 Å². The first-order chi connectivity index (χ1) is 7.75. The van der Waals surface area contributed by atoms with Crippen LogP contribution in [0.1, 0.15) is 0 Å². The fourth-order valence-corrected chi connectivity index (χ4v) is 0.785. The Morgan fingerprint density at radius 2 is 0.526 bits per heavy atom. The number of alkyl halides is 14. The summed E-state index contributed by atoms with van der Waals surface area (Å²) in [6.45, 7) is 0. The molecule has 118 valence electrons. The third kappa shape index (κ3) is 7.38. The van der Waals surface area contributed by atoms with E-state index in [4.69, 9.17) is 0 Å². The maximum absolute atomic E-state index is 11.9. The molecule has 14 heteroatoms. The maximum Gasteiger partial charge on any atom is 0.424 e. The lowest BCUT2D eigenvalue weighted by Crippen LogP contribution is -2.56. The van der Waals surface area contributed by atoms with E-state index in [-0.39, 0.29) is 0 Å². The van der Waals surface area contributed by atoms with E-state index in [1.54, 1.807) is 0 Å². The average Bonchev–Trinajstić information content (AvgIpc) is 1.95. The Kier molecular flexibility index (Phi) is 8.11. The van der Waals surface area contributed by atoms with Crippen LogP contribution in [0.4, 0.5) is 30.7 Å². The van der Waals surface area contributed by atoms with Gasteiger partial charge in [-0.1, -0.05) is 46.4 Å². The van der Waals surface area contributed by atoms with Gasteiger partial charge >= 0.3 is 16.4 Å². The summed E-state index contributed by atoms with van der Waals surface area (Å²) >= 11 is 31.0. The molecule has 0 heterocycles. The zero-order chi connectivity index (χ0) is 16.5. The van der Waals surface area contributed by atoms with Crippen LogP contribution in [-0.2, 0) is 0 Å². The monoisotopic (exact) mass is 438 g/mol. The summed E-state index contributed by atoms with van der Waals surface area (Å²) in [7, 11) is 0. The summed E-state index contributed by atoms with van der Waals surface area (Å²) in [4.78, 5) is 0. The molecule has 0 aliphatic carbocycles. The second kappa shape index (κ2) is 6.75. The SMILES string of the molecule is FC(Cl)(Cl)Cl.FC(F)(F)C(Cl)(Cl)C(Cl)(Cl)C(F)(F)F. The van der Waals surface area contributed by atoms with E-state index >= 15 is 0 Å². The maximum atomic E-state index is 11.9. The van der Waals surface area contributed by atoms with Gasteiger partial charge in [0.2, 0.25) is 0 Å². The lowest BCUT2D eigenvalue weighted by Gasteiger charge is -2.35. The first-order valence-electron chi connectivity index (χ1n) is 3.40. The van der Waals surface area contributed by atoms with Gasteiger partial charge in [-0.25, -0.2) is 0 Å². The molecule has 0 radical (unpaired) electrons. The number of halogens is 14. The summed E-state index contributed by atoms with van der Waals surface area (Å²) < 4.78 is 71.3. The molecule has 0 aromatic carbocycles. The number of hydrogen-bond donors (Lipinski definition) is 0. The van der Waals surface area contributed by atoms with Crippen molar-refractivity contribution in [2.24, 2.45) is 0 Å². The Morgan fingerprint density at radius 3 is 0.579 bits per heavy atom. The van der Waals surface area contributed by atoms with Gasteiger partial charge in [-0.3, -0.25) is 0 Å². The number of rotatable bonds is 1. The van der Waals surface area contributed by atoms with E-state index in [9.17, 15) is 30.7 Å². The molecule has 0 N–H and O–H groups in total. The van der Waals surface area contributed by atoms with E-state index in [1.165, 1.54) is 0 Å². The molecule has 0 unspecified atom stereocenters. The van der Waals surface area contributed by atoms with E-state index in [0.29, 0.717) is 0 Å². The third-order valence-corrected chi connectivity index (χ3v) is 3.48. The highest BCUT2D eigenvalue weighted by atomic mass is 35.6. The summed E-state index contributed by atoms with van der Waals surface area (Å²) in [5.41, 5.74) is 0. The summed E-state index contributed by atoms with van der Waals surface area (Å²) in [5.74, 6) is 0.